The van der Waals surface area contributed by atoms with Gasteiger partial charge in [0.1, 0.15) is 6.23 Å². The first-order chi connectivity index (χ1) is 14.8. The fraction of sp³-hybridized carbons (Fsp3) is 0.240. The molecular weight excluding hydrogens is 374 g/mol. The van der Waals surface area contributed by atoms with Crippen LogP contribution in [0.4, 0.5) is 0 Å². The van der Waals surface area contributed by atoms with Crippen LogP contribution in [0.15, 0.2) is 48.5 Å². The van der Waals surface area contributed by atoms with E-state index < -0.39 is 0 Å². The van der Waals surface area contributed by atoms with Gasteiger partial charge in [-0.2, -0.15) is 0 Å². The summed E-state index contributed by atoms with van der Waals surface area (Å²) in [6, 6.07) is 16.8. The Balaban J connectivity index is 1.77. The first kappa shape index (κ1) is 16.5. The maximum atomic E-state index is 13.0. The lowest BCUT2D eigenvalue weighted by molar-refractivity contribution is -0.0266. The number of aromatic amines is 1. The number of aromatic nitrogens is 2. The number of rotatable bonds is 1. The van der Waals surface area contributed by atoms with Crippen molar-refractivity contribution in [3.63, 3.8) is 0 Å². The first-order valence-corrected chi connectivity index (χ1v) is 10.7. The molecule has 5 aromatic rings. The van der Waals surface area contributed by atoms with Gasteiger partial charge in [0.2, 0.25) is 0 Å². The Morgan fingerprint density at radius 3 is 2.67 bits per heavy atom. The summed E-state index contributed by atoms with van der Waals surface area (Å²) in [4.78, 5) is 16.6. The van der Waals surface area contributed by atoms with Crippen molar-refractivity contribution in [2.75, 3.05) is 6.61 Å². The minimum atomic E-state index is 0.0128. The van der Waals surface area contributed by atoms with Gasteiger partial charge in [0.05, 0.1) is 22.1 Å². The number of amides is 1. The van der Waals surface area contributed by atoms with E-state index in [0.29, 0.717) is 6.54 Å². The Bertz CT molecular complexity index is 1500. The van der Waals surface area contributed by atoms with E-state index in [1.807, 2.05) is 12.1 Å². The van der Waals surface area contributed by atoms with Crippen molar-refractivity contribution in [2.45, 2.75) is 32.0 Å². The molecule has 5 nitrogen and oxygen atoms in total. The third kappa shape index (κ3) is 1.98. The zero-order valence-electron chi connectivity index (χ0n) is 16.5. The molecule has 2 aliphatic heterocycles. The van der Waals surface area contributed by atoms with Crippen LogP contribution < -0.4 is 5.32 Å². The molecule has 1 atom stereocenters. The maximum absolute atomic E-state index is 13.0. The molecule has 2 aliphatic rings. The lowest BCUT2D eigenvalue weighted by atomic mass is 9.97. The van der Waals surface area contributed by atoms with E-state index in [0.717, 1.165) is 57.9 Å². The summed E-state index contributed by atoms with van der Waals surface area (Å²) in [5.41, 5.74) is 6.35. The second-order valence-electron chi connectivity index (χ2n) is 8.39. The van der Waals surface area contributed by atoms with E-state index in [4.69, 9.17) is 4.74 Å². The number of hydrogen-bond donors (Lipinski definition) is 2. The highest BCUT2D eigenvalue weighted by Crippen LogP contribution is 2.45. The number of benzene rings is 3. The van der Waals surface area contributed by atoms with Crippen LogP contribution in [0.1, 0.15) is 41.4 Å². The van der Waals surface area contributed by atoms with Crippen molar-refractivity contribution in [2.24, 2.45) is 0 Å². The molecule has 30 heavy (non-hydrogen) atoms. The van der Waals surface area contributed by atoms with E-state index >= 15 is 0 Å². The number of carbonyl (C=O) groups is 1. The van der Waals surface area contributed by atoms with Crippen LogP contribution in [-0.4, -0.2) is 22.1 Å². The van der Waals surface area contributed by atoms with E-state index in [1.165, 1.54) is 22.7 Å². The molecule has 3 aromatic carbocycles. The van der Waals surface area contributed by atoms with Gasteiger partial charge in [0.15, 0.2) is 0 Å². The van der Waals surface area contributed by atoms with Gasteiger partial charge >= 0.3 is 0 Å². The van der Waals surface area contributed by atoms with Crippen molar-refractivity contribution < 1.29 is 9.53 Å². The van der Waals surface area contributed by atoms with Gasteiger partial charge in [0, 0.05) is 40.2 Å². The number of hydrogen-bond acceptors (Lipinski definition) is 2. The Hall–Kier alpha value is -3.31. The second kappa shape index (κ2) is 5.86. The average molecular weight is 395 g/mol. The van der Waals surface area contributed by atoms with Crippen molar-refractivity contribution in [3.05, 3.63) is 59.7 Å². The molecule has 1 fully saturated rings. The van der Waals surface area contributed by atoms with Gasteiger partial charge in [-0.15, -0.1) is 0 Å². The van der Waals surface area contributed by atoms with Crippen LogP contribution in [0.2, 0.25) is 0 Å². The normalized spacial score (nSPS) is 19.2. The second-order valence-corrected chi connectivity index (χ2v) is 8.39. The van der Waals surface area contributed by atoms with Crippen molar-refractivity contribution in [3.8, 4) is 0 Å². The van der Waals surface area contributed by atoms with Crippen molar-refractivity contribution >= 4 is 49.5 Å². The number of nitrogens with one attached hydrogen (secondary N) is 2. The van der Waals surface area contributed by atoms with Gasteiger partial charge in [0.25, 0.3) is 5.91 Å². The number of nitrogens with zero attached hydrogens (tertiary/aromatic N) is 1. The van der Waals surface area contributed by atoms with Crippen LogP contribution in [-0.2, 0) is 11.3 Å². The highest BCUT2D eigenvalue weighted by atomic mass is 16.5. The Kier molecular flexibility index (Phi) is 3.22. The summed E-state index contributed by atoms with van der Waals surface area (Å²) < 4.78 is 8.65. The Morgan fingerprint density at radius 2 is 1.80 bits per heavy atom. The van der Waals surface area contributed by atoms with Gasteiger partial charge in [-0.1, -0.05) is 36.4 Å². The zero-order valence-corrected chi connectivity index (χ0v) is 16.5. The molecule has 0 saturated carbocycles. The van der Waals surface area contributed by atoms with Crippen LogP contribution in [0.3, 0.4) is 0 Å². The molecule has 0 aliphatic carbocycles. The number of para-hydroxylation sites is 2. The van der Waals surface area contributed by atoms with Crippen LogP contribution in [0.25, 0.3) is 43.6 Å². The lowest BCUT2D eigenvalue weighted by Gasteiger charge is -2.26. The first-order valence-electron chi connectivity index (χ1n) is 10.7. The maximum Gasteiger partial charge on any atom is 0.252 e. The highest BCUT2D eigenvalue weighted by molar-refractivity contribution is 6.30. The lowest BCUT2D eigenvalue weighted by Crippen LogP contribution is -2.18. The molecule has 4 heterocycles. The molecule has 0 radical (unpaired) electrons. The monoisotopic (exact) mass is 395 g/mol. The molecular formula is C25H21N3O2. The van der Waals surface area contributed by atoms with Gasteiger partial charge in [-0.3, -0.25) is 4.79 Å². The van der Waals surface area contributed by atoms with Crippen LogP contribution >= 0.6 is 0 Å². The standard InChI is InChI=1S/C25H21N3O2/c29-25-22-16(13-26-25)20-15-8-2-4-10-18(15)28(19-11-5-6-12-30-19)24(20)23-21(22)14-7-1-3-9-17(14)27-23/h1-4,7-10,19,27H,5-6,11-13H2,(H,26,29)/t19-/m0/s1. The van der Waals surface area contributed by atoms with Gasteiger partial charge in [-0.25, -0.2) is 0 Å². The highest BCUT2D eigenvalue weighted by Gasteiger charge is 2.32. The summed E-state index contributed by atoms with van der Waals surface area (Å²) in [6.07, 6.45) is 3.30. The summed E-state index contributed by atoms with van der Waals surface area (Å²) in [7, 11) is 0. The van der Waals surface area contributed by atoms with E-state index in [-0.39, 0.29) is 12.1 Å². The fourth-order valence-corrected chi connectivity index (χ4v) is 5.58. The Morgan fingerprint density at radius 1 is 0.967 bits per heavy atom. The summed E-state index contributed by atoms with van der Waals surface area (Å²) >= 11 is 0. The molecule has 0 spiro atoms. The minimum absolute atomic E-state index is 0.0128. The smallest absolute Gasteiger partial charge is 0.252 e. The Labute approximate surface area is 172 Å². The molecule has 148 valence electrons. The predicted molar refractivity (Wildman–Crippen MR) is 119 cm³/mol. The average Bonchev–Trinajstić information content (AvgIpc) is 3.45. The van der Waals surface area contributed by atoms with E-state index in [9.17, 15) is 4.79 Å². The number of ether oxygens (including phenoxy) is 1. The SMILES string of the molecule is O=C1NCc2c1c1c3ccccc3[nH]c1c1c2c2ccccc2n1[C@@H]1CCCCO1. The summed E-state index contributed by atoms with van der Waals surface area (Å²) in [5, 5.41) is 7.58. The van der Waals surface area contributed by atoms with Gasteiger partial charge in [-0.05, 0) is 37.0 Å². The summed E-state index contributed by atoms with van der Waals surface area (Å²) in [5.74, 6) is 0.0207. The van der Waals surface area contributed by atoms with Gasteiger partial charge < -0.3 is 19.6 Å². The summed E-state index contributed by atoms with van der Waals surface area (Å²) in [6.45, 7) is 1.36. The number of carbonyl (C=O) groups excluding carboxylic acids is 1. The fourth-order valence-electron chi connectivity index (χ4n) is 5.58. The molecule has 0 unspecified atom stereocenters. The number of fused-ring (bicyclic) bond motifs is 10. The molecule has 7 rings (SSSR count). The quantitative estimate of drug-likeness (QED) is 0.401. The molecule has 1 amide bonds. The van der Waals surface area contributed by atoms with E-state index in [2.05, 4.69) is 51.3 Å². The van der Waals surface area contributed by atoms with E-state index in [1.54, 1.807) is 0 Å². The molecule has 0 bridgehead atoms. The molecule has 1 saturated heterocycles. The predicted octanol–water partition coefficient (Wildman–Crippen LogP) is 5.37. The molecule has 2 N–H and O–H groups in total. The van der Waals surface area contributed by atoms with Crippen molar-refractivity contribution in [1.29, 1.82) is 0 Å². The van der Waals surface area contributed by atoms with Crippen LogP contribution in [0, 0.1) is 0 Å². The topological polar surface area (TPSA) is 59.0 Å². The molecule has 5 heteroatoms. The minimum Gasteiger partial charge on any atom is -0.358 e. The zero-order chi connectivity index (χ0) is 19.8. The van der Waals surface area contributed by atoms with Crippen LogP contribution in [0.5, 0.6) is 0 Å². The third-order valence-electron chi connectivity index (χ3n) is 6.80. The number of H-pyrrole nitrogens is 1. The molecule has 2 aromatic heterocycles. The van der Waals surface area contributed by atoms with Crippen molar-refractivity contribution in [1.82, 2.24) is 14.9 Å². The largest absolute Gasteiger partial charge is 0.358 e. The third-order valence-corrected chi connectivity index (χ3v) is 6.80.